The molecular weight excluding hydrogens is 666 g/mol. The summed E-state index contributed by atoms with van der Waals surface area (Å²) in [5, 5.41) is 21.1. The average Bonchev–Trinajstić information content (AvgIpc) is 3.69. The predicted octanol–water partition coefficient (Wildman–Crippen LogP) is 8.87. The zero-order valence-electron chi connectivity index (χ0n) is 26.0. The third kappa shape index (κ3) is 7.73. The molecule has 1 fully saturated rings. The van der Waals surface area contributed by atoms with E-state index in [9.17, 15) is 14.7 Å². The third-order valence-corrected chi connectivity index (χ3v) is 10.0. The molecule has 1 amide bonds. The number of halogens is 1. The first-order chi connectivity index (χ1) is 23.4. The molecule has 0 spiro atoms. The molecule has 1 atom stereocenters. The van der Waals surface area contributed by atoms with Crippen molar-refractivity contribution in [2.45, 2.75) is 42.5 Å². The number of ketones is 1. The van der Waals surface area contributed by atoms with E-state index in [0.29, 0.717) is 51.0 Å². The molecule has 0 saturated carbocycles. The van der Waals surface area contributed by atoms with Gasteiger partial charge in [-0.3, -0.25) is 14.5 Å². The summed E-state index contributed by atoms with van der Waals surface area (Å²) in [5.74, 6) is 0.00541. The lowest BCUT2D eigenvalue weighted by molar-refractivity contribution is -0.132. The van der Waals surface area contributed by atoms with Gasteiger partial charge in [-0.2, -0.15) is 0 Å². The minimum Gasteiger partial charge on any atom is -0.507 e. The van der Waals surface area contributed by atoms with Gasteiger partial charge in [0.1, 0.15) is 23.9 Å². The first-order valence-electron chi connectivity index (χ1n) is 15.4. The Morgan fingerprint density at radius 1 is 0.875 bits per heavy atom. The number of Topliss-reactive ketones (excluding diaryl/α,β-unsaturated/α-hetero) is 1. The molecule has 4 aromatic carbocycles. The van der Waals surface area contributed by atoms with Gasteiger partial charge in [0.05, 0.1) is 18.2 Å². The van der Waals surface area contributed by atoms with Gasteiger partial charge < -0.3 is 14.6 Å². The number of aliphatic hydroxyl groups excluding tert-OH is 1. The van der Waals surface area contributed by atoms with Crippen LogP contribution in [0.5, 0.6) is 11.5 Å². The molecule has 5 aromatic rings. The van der Waals surface area contributed by atoms with Crippen molar-refractivity contribution in [3.63, 3.8) is 0 Å². The van der Waals surface area contributed by atoms with E-state index in [1.54, 1.807) is 48.5 Å². The van der Waals surface area contributed by atoms with Gasteiger partial charge in [0.25, 0.3) is 5.78 Å². The molecule has 1 aliphatic rings. The van der Waals surface area contributed by atoms with E-state index in [1.807, 2.05) is 54.6 Å². The lowest BCUT2D eigenvalue weighted by atomic mass is 9.95. The maximum atomic E-state index is 13.7. The highest BCUT2D eigenvalue weighted by Crippen LogP contribution is 2.44. The number of aromatic nitrogens is 2. The van der Waals surface area contributed by atoms with E-state index in [4.69, 9.17) is 21.1 Å². The number of benzene rings is 4. The van der Waals surface area contributed by atoms with E-state index in [-0.39, 0.29) is 16.5 Å². The monoisotopic (exact) mass is 697 g/mol. The van der Waals surface area contributed by atoms with Gasteiger partial charge in [0.2, 0.25) is 5.13 Å². The van der Waals surface area contributed by atoms with Crippen LogP contribution >= 0.6 is 34.7 Å². The Labute approximate surface area is 292 Å². The number of amides is 1. The smallest absolute Gasteiger partial charge is 0.301 e. The fourth-order valence-electron chi connectivity index (χ4n) is 5.12. The molecule has 0 radical (unpaired) electrons. The topological polar surface area (TPSA) is 102 Å². The van der Waals surface area contributed by atoms with Gasteiger partial charge in [-0.1, -0.05) is 103 Å². The Bertz CT molecular complexity index is 1900. The maximum absolute atomic E-state index is 13.7. The van der Waals surface area contributed by atoms with Crippen molar-refractivity contribution in [3.8, 4) is 11.5 Å². The van der Waals surface area contributed by atoms with Crippen LogP contribution in [0.4, 0.5) is 5.13 Å². The molecular formula is C37H32ClN3O5S2. The molecule has 244 valence electrons. The van der Waals surface area contributed by atoms with E-state index >= 15 is 0 Å². The number of unbranched alkanes of at least 4 members (excludes halogenated alkanes) is 1. The molecule has 0 unspecified atom stereocenters. The number of anilines is 1. The Kier molecular flexibility index (Phi) is 10.7. The minimum absolute atomic E-state index is 0.0387. The summed E-state index contributed by atoms with van der Waals surface area (Å²) in [6.45, 7) is 3.06. The summed E-state index contributed by atoms with van der Waals surface area (Å²) >= 11 is 8.69. The van der Waals surface area contributed by atoms with E-state index in [2.05, 4.69) is 17.1 Å². The number of carbonyl (C=O) groups is 2. The first kappa shape index (κ1) is 33.3. The zero-order chi connectivity index (χ0) is 33.5. The number of carbonyl (C=O) groups excluding carboxylic acids is 2. The summed E-state index contributed by atoms with van der Waals surface area (Å²) in [7, 11) is 0. The second kappa shape index (κ2) is 15.5. The van der Waals surface area contributed by atoms with Gasteiger partial charge in [0, 0.05) is 16.3 Å². The lowest BCUT2D eigenvalue weighted by Crippen LogP contribution is -2.29. The Balaban J connectivity index is 1.31. The Hall–Kier alpha value is -4.64. The molecule has 2 heterocycles. The molecule has 1 aromatic heterocycles. The Morgan fingerprint density at radius 2 is 1.56 bits per heavy atom. The van der Waals surface area contributed by atoms with Crippen LogP contribution in [-0.4, -0.2) is 33.6 Å². The quantitative estimate of drug-likeness (QED) is 0.0325. The summed E-state index contributed by atoms with van der Waals surface area (Å²) in [6, 6.07) is 30.4. The molecule has 11 heteroatoms. The fraction of sp³-hybridized carbons (Fsp3) is 0.189. The molecule has 0 bridgehead atoms. The molecule has 0 aliphatic carbocycles. The summed E-state index contributed by atoms with van der Waals surface area (Å²) < 4.78 is 12.4. The van der Waals surface area contributed by atoms with Crippen LogP contribution in [0.3, 0.4) is 0 Å². The third-order valence-electron chi connectivity index (χ3n) is 7.66. The lowest BCUT2D eigenvalue weighted by Gasteiger charge is -2.22. The predicted molar refractivity (Wildman–Crippen MR) is 190 cm³/mol. The number of thioether (sulfide) groups is 1. The van der Waals surface area contributed by atoms with Crippen molar-refractivity contribution in [2.24, 2.45) is 0 Å². The zero-order valence-corrected chi connectivity index (χ0v) is 28.4. The highest BCUT2D eigenvalue weighted by molar-refractivity contribution is 8.00. The van der Waals surface area contributed by atoms with Crippen molar-refractivity contribution in [2.75, 3.05) is 11.5 Å². The first-order valence-corrected chi connectivity index (χ1v) is 17.6. The van der Waals surface area contributed by atoms with E-state index in [0.717, 1.165) is 24.0 Å². The number of hydrogen-bond donors (Lipinski definition) is 1. The number of nitrogens with zero attached hydrogens (tertiary/aromatic N) is 3. The highest BCUT2D eigenvalue weighted by Gasteiger charge is 2.48. The van der Waals surface area contributed by atoms with E-state index in [1.165, 1.54) is 28.0 Å². The van der Waals surface area contributed by atoms with Crippen molar-refractivity contribution < 1.29 is 24.2 Å². The second-order valence-corrected chi connectivity index (χ2v) is 13.6. The largest absolute Gasteiger partial charge is 0.507 e. The summed E-state index contributed by atoms with van der Waals surface area (Å²) in [5.41, 5.74) is 3.03. The standard InChI is InChI=1S/C37H32ClN3O5S2/c1-2-3-21-45-29-19-13-27(14-20-29)33(42)31-32(26-11-17-30(18-12-26)46-22-24-7-5-4-6-8-24)41(35(44)34(31)43)36-39-40-37(48-36)47-23-25-9-15-28(38)16-10-25/h4-20,32,42H,2-3,21-23H2,1H3/t32-/m1/s1. The molecule has 48 heavy (non-hydrogen) atoms. The second-order valence-electron chi connectivity index (χ2n) is 11.0. The summed E-state index contributed by atoms with van der Waals surface area (Å²) in [4.78, 5) is 28.7. The van der Waals surface area contributed by atoms with Crippen LogP contribution < -0.4 is 14.4 Å². The van der Waals surface area contributed by atoms with Crippen LogP contribution in [0.25, 0.3) is 5.76 Å². The van der Waals surface area contributed by atoms with Gasteiger partial charge in [0.15, 0.2) is 4.34 Å². The molecule has 1 aliphatic heterocycles. The molecule has 1 saturated heterocycles. The van der Waals surface area contributed by atoms with Gasteiger partial charge in [-0.05, 0) is 71.6 Å². The molecule has 1 N–H and O–H groups in total. The molecule has 6 rings (SSSR count). The number of aliphatic hydroxyl groups is 1. The van der Waals surface area contributed by atoms with Crippen LogP contribution in [0.1, 0.15) is 48.1 Å². The number of hydrogen-bond acceptors (Lipinski definition) is 9. The fourth-order valence-corrected chi connectivity index (χ4v) is 7.06. The summed E-state index contributed by atoms with van der Waals surface area (Å²) in [6.07, 6.45) is 1.94. The van der Waals surface area contributed by atoms with Crippen LogP contribution in [0.2, 0.25) is 5.02 Å². The maximum Gasteiger partial charge on any atom is 0.301 e. The van der Waals surface area contributed by atoms with Crippen LogP contribution in [-0.2, 0) is 21.9 Å². The number of ether oxygens (including phenoxy) is 2. The van der Waals surface area contributed by atoms with Crippen molar-refractivity contribution in [1.29, 1.82) is 0 Å². The van der Waals surface area contributed by atoms with Crippen molar-refractivity contribution >= 4 is 57.3 Å². The average molecular weight is 698 g/mol. The van der Waals surface area contributed by atoms with Gasteiger partial charge in [-0.15, -0.1) is 10.2 Å². The van der Waals surface area contributed by atoms with Crippen molar-refractivity contribution in [1.82, 2.24) is 10.2 Å². The SMILES string of the molecule is CCCCOc1ccc(C(O)=C2C(=O)C(=O)N(c3nnc(SCc4ccc(Cl)cc4)s3)[C@@H]2c2ccc(OCc3ccccc3)cc2)cc1. The van der Waals surface area contributed by atoms with Gasteiger partial charge in [-0.25, -0.2) is 0 Å². The minimum atomic E-state index is -0.948. The molecule has 8 nitrogen and oxygen atoms in total. The normalized spacial score (nSPS) is 15.5. The van der Waals surface area contributed by atoms with Crippen LogP contribution in [0.15, 0.2) is 113 Å². The number of rotatable bonds is 13. The van der Waals surface area contributed by atoms with Crippen molar-refractivity contribution in [3.05, 3.63) is 136 Å². The highest BCUT2D eigenvalue weighted by atomic mass is 35.5. The van der Waals surface area contributed by atoms with Crippen LogP contribution in [0, 0.1) is 0 Å². The van der Waals surface area contributed by atoms with Gasteiger partial charge >= 0.3 is 5.91 Å². The van der Waals surface area contributed by atoms with E-state index < -0.39 is 17.7 Å². The Morgan fingerprint density at radius 3 is 2.27 bits per heavy atom.